The summed E-state index contributed by atoms with van der Waals surface area (Å²) in [5.74, 6) is 0.673. The van der Waals surface area contributed by atoms with E-state index in [4.69, 9.17) is 9.40 Å². The Labute approximate surface area is 210 Å². The van der Waals surface area contributed by atoms with Crippen LogP contribution in [0.2, 0.25) is 0 Å². The molecule has 1 heterocycles. The van der Waals surface area contributed by atoms with E-state index < -0.39 is 0 Å². The van der Waals surface area contributed by atoms with Crippen molar-refractivity contribution in [3.05, 3.63) is 102 Å². The van der Waals surface area contributed by atoms with Gasteiger partial charge in [0.1, 0.15) is 5.52 Å². The molecule has 0 fully saturated rings. The summed E-state index contributed by atoms with van der Waals surface area (Å²) >= 11 is 0. The predicted octanol–water partition coefficient (Wildman–Crippen LogP) is 9.67. The van der Waals surface area contributed by atoms with E-state index in [1.165, 1.54) is 54.6 Å². The zero-order valence-electron chi connectivity index (χ0n) is 21.0. The lowest BCUT2D eigenvalue weighted by atomic mass is 9.85. The van der Waals surface area contributed by atoms with Crippen LogP contribution in [0.4, 0.5) is 0 Å². The average molecular weight is 466 g/mol. The van der Waals surface area contributed by atoms with Gasteiger partial charge >= 0.3 is 0 Å². The molecule has 0 radical (unpaired) electrons. The molecule has 36 heavy (non-hydrogen) atoms. The molecule has 7 rings (SSSR count). The van der Waals surface area contributed by atoms with Gasteiger partial charge in [0.25, 0.3) is 0 Å². The van der Waals surface area contributed by atoms with Gasteiger partial charge in [-0.05, 0) is 85.1 Å². The smallest absolute Gasteiger partial charge is 0.227 e. The molecule has 0 unspecified atom stereocenters. The van der Waals surface area contributed by atoms with Crippen molar-refractivity contribution in [2.75, 3.05) is 0 Å². The van der Waals surface area contributed by atoms with E-state index in [0.717, 1.165) is 16.7 Å². The molecule has 0 N–H and O–H groups in total. The minimum atomic E-state index is 0.140. The fourth-order valence-corrected chi connectivity index (χ4v) is 5.54. The molecule has 2 heteroatoms. The van der Waals surface area contributed by atoms with E-state index in [2.05, 4.69) is 113 Å². The molecular formula is C34H27NO. The number of oxazole rings is 1. The van der Waals surface area contributed by atoms with Gasteiger partial charge in [-0.15, -0.1) is 0 Å². The van der Waals surface area contributed by atoms with Crippen LogP contribution in [0, 0.1) is 6.92 Å². The third-order valence-electron chi connectivity index (χ3n) is 7.50. The molecule has 0 amide bonds. The van der Waals surface area contributed by atoms with Crippen LogP contribution in [0.1, 0.15) is 31.9 Å². The highest BCUT2D eigenvalue weighted by molar-refractivity contribution is 6.27. The van der Waals surface area contributed by atoms with Crippen LogP contribution in [0.25, 0.3) is 66.0 Å². The molecule has 0 aliphatic carbocycles. The van der Waals surface area contributed by atoms with Crippen molar-refractivity contribution in [1.29, 1.82) is 0 Å². The van der Waals surface area contributed by atoms with Crippen molar-refractivity contribution in [3.8, 4) is 22.6 Å². The molecule has 1 aromatic heterocycles. The summed E-state index contributed by atoms with van der Waals surface area (Å²) in [5.41, 5.74) is 7.93. The van der Waals surface area contributed by atoms with E-state index in [1.807, 2.05) is 6.07 Å². The zero-order valence-corrected chi connectivity index (χ0v) is 21.0. The summed E-state index contributed by atoms with van der Waals surface area (Å²) in [6, 6.07) is 33.0. The monoisotopic (exact) mass is 465 g/mol. The number of hydrogen-bond acceptors (Lipinski definition) is 2. The minimum absolute atomic E-state index is 0.140. The summed E-state index contributed by atoms with van der Waals surface area (Å²) in [6.07, 6.45) is 0. The molecule has 6 aromatic carbocycles. The molecule has 0 bridgehead atoms. The van der Waals surface area contributed by atoms with Crippen LogP contribution in [-0.2, 0) is 5.41 Å². The standard InChI is InChI=1S/C34H27NO/c1-20-5-18-30-29(19-20)35-33(36-30)28-17-11-23-9-15-26-25(21-6-12-24(13-7-21)34(2,3)4)14-8-22-10-16-27(28)32(23)31(22)26/h5-19H,1-4H3. The van der Waals surface area contributed by atoms with Gasteiger partial charge in [-0.2, -0.15) is 0 Å². The van der Waals surface area contributed by atoms with Crippen molar-refractivity contribution < 1.29 is 4.42 Å². The first-order valence-corrected chi connectivity index (χ1v) is 12.6. The van der Waals surface area contributed by atoms with Crippen LogP contribution in [0.3, 0.4) is 0 Å². The molecule has 174 valence electrons. The normalized spacial score (nSPS) is 12.4. The highest BCUT2D eigenvalue weighted by atomic mass is 16.3. The van der Waals surface area contributed by atoms with Crippen molar-refractivity contribution in [2.45, 2.75) is 33.1 Å². The van der Waals surface area contributed by atoms with Crippen LogP contribution in [0.5, 0.6) is 0 Å². The Bertz CT molecular complexity index is 1920. The van der Waals surface area contributed by atoms with Gasteiger partial charge in [0.15, 0.2) is 5.58 Å². The molecule has 0 spiro atoms. The van der Waals surface area contributed by atoms with Gasteiger partial charge in [-0.3, -0.25) is 0 Å². The Hall–Kier alpha value is -4.17. The number of aryl methyl sites for hydroxylation is 1. The lowest BCUT2D eigenvalue weighted by molar-refractivity contribution is 0.590. The van der Waals surface area contributed by atoms with Gasteiger partial charge in [-0.1, -0.05) is 93.6 Å². The second kappa shape index (κ2) is 7.41. The van der Waals surface area contributed by atoms with Crippen LogP contribution < -0.4 is 0 Å². The van der Waals surface area contributed by atoms with E-state index in [9.17, 15) is 0 Å². The third kappa shape index (κ3) is 3.14. The largest absolute Gasteiger partial charge is 0.436 e. The zero-order chi connectivity index (χ0) is 24.6. The fourth-order valence-electron chi connectivity index (χ4n) is 5.54. The van der Waals surface area contributed by atoms with Crippen LogP contribution in [-0.4, -0.2) is 4.98 Å². The molecule has 0 saturated heterocycles. The number of aromatic nitrogens is 1. The van der Waals surface area contributed by atoms with Crippen molar-refractivity contribution >= 4 is 43.4 Å². The average Bonchev–Trinajstić information content (AvgIpc) is 3.29. The molecule has 0 atom stereocenters. The topological polar surface area (TPSA) is 26.0 Å². The van der Waals surface area contributed by atoms with Gasteiger partial charge in [-0.25, -0.2) is 4.98 Å². The van der Waals surface area contributed by atoms with E-state index in [0.29, 0.717) is 5.89 Å². The Morgan fingerprint density at radius 2 is 1.25 bits per heavy atom. The second-order valence-electron chi connectivity index (χ2n) is 11.0. The van der Waals surface area contributed by atoms with E-state index in [-0.39, 0.29) is 5.41 Å². The highest BCUT2D eigenvalue weighted by Gasteiger charge is 2.18. The Morgan fingerprint density at radius 1 is 0.639 bits per heavy atom. The van der Waals surface area contributed by atoms with Crippen LogP contribution in [0.15, 0.2) is 95.4 Å². The molecule has 7 aromatic rings. The first-order valence-electron chi connectivity index (χ1n) is 12.6. The quantitative estimate of drug-likeness (QED) is 0.238. The maximum Gasteiger partial charge on any atom is 0.227 e. The summed E-state index contributed by atoms with van der Waals surface area (Å²) in [5, 5.41) is 7.52. The lowest BCUT2D eigenvalue weighted by Crippen LogP contribution is -2.10. The maximum absolute atomic E-state index is 6.22. The summed E-state index contributed by atoms with van der Waals surface area (Å²) < 4.78 is 6.22. The number of rotatable bonds is 2. The molecular weight excluding hydrogens is 438 g/mol. The summed E-state index contributed by atoms with van der Waals surface area (Å²) in [6.45, 7) is 8.85. The lowest BCUT2D eigenvalue weighted by Gasteiger charge is -2.20. The summed E-state index contributed by atoms with van der Waals surface area (Å²) in [7, 11) is 0. The molecule has 0 saturated carbocycles. The van der Waals surface area contributed by atoms with Gasteiger partial charge in [0, 0.05) is 5.56 Å². The third-order valence-corrected chi connectivity index (χ3v) is 7.50. The van der Waals surface area contributed by atoms with Crippen molar-refractivity contribution in [3.63, 3.8) is 0 Å². The number of benzene rings is 6. The van der Waals surface area contributed by atoms with Gasteiger partial charge in [0.05, 0.1) is 0 Å². The number of fused-ring (bicyclic) bond motifs is 1. The van der Waals surface area contributed by atoms with Crippen molar-refractivity contribution in [1.82, 2.24) is 4.98 Å². The van der Waals surface area contributed by atoms with Gasteiger partial charge in [0.2, 0.25) is 5.89 Å². The maximum atomic E-state index is 6.22. The van der Waals surface area contributed by atoms with Crippen molar-refractivity contribution in [2.24, 2.45) is 0 Å². The summed E-state index contributed by atoms with van der Waals surface area (Å²) in [4.78, 5) is 4.85. The SMILES string of the molecule is Cc1ccc2oc(-c3ccc4ccc5c(-c6ccc(C(C)(C)C)cc6)ccc6ccc3c4c65)nc2c1. The Balaban J connectivity index is 1.48. The first-order chi connectivity index (χ1) is 17.4. The Morgan fingerprint density at radius 3 is 1.92 bits per heavy atom. The number of hydrogen-bond donors (Lipinski definition) is 0. The Kier molecular flexibility index (Phi) is 4.35. The van der Waals surface area contributed by atoms with E-state index >= 15 is 0 Å². The van der Waals surface area contributed by atoms with Gasteiger partial charge < -0.3 is 4.42 Å². The molecule has 2 nitrogen and oxygen atoms in total. The predicted molar refractivity (Wildman–Crippen MR) is 152 cm³/mol. The molecule has 0 aliphatic rings. The second-order valence-corrected chi connectivity index (χ2v) is 11.0. The fraction of sp³-hybridized carbons (Fsp3) is 0.147. The molecule has 0 aliphatic heterocycles. The van der Waals surface area contributed by atoms with E-state index in [1.54, 1.807) is 0 Å². The minimum Gasteiger partial charge on any atom is -0.436 e. The number of nitrogens with zero attached hydrogens (tertiary/aromatic N) is 1. The van der Waals surface area contributed by atoms with Crippen LogP contribution >= 0.6 is 0 Å². The highest BCUT2D eigenvalue weighted by Crippen LogP contribution is 2.42. The first kappa shape index (κ1) is 21.1.